The van der Waals surface area contributed by atoms with E-state index in [0.29, 0.717) is 0 Å². The van der Waals surface area contributed by atoms with Crippen molar-refractivity contribution in [3.8, 4) is 0 Å². The van der Waals surface area contributed by atoms with Crippen molar-refractivity contribution in [1.82, 2.24) is 19.9 Å². The molecule has 0 saturated carbocycles. The molecule has 1 saturated heterocycles. The molecule has 0 atom stereocenters. The topological polar surface area (TPSA) is 34.0 Å². The Kier molecular flexibility index (Phi) is 2.59. The van der Waals surface area contributed by atoms with Gasteiger partial charge in [0, 0.05) is 19.8 Å². The number of aryl methyl sites for hydroxylation is 1. The molecule has 0 bridgehead atoms. The van der Waals surface area contributed by atoms with Gasteiger partial charge in [0.2, 0.25) is 0 Å². The number of likely N-dealkylation sites (tertiary alicyclic amines) is 1. The Bertz CT molecular complexity index is 262. The van der Waals surface area contributed by atoms with Crippen LogP contribution >= 0.6 is 0 Å². The second-order valence-corrected chi connectivity index (χ2v) is 3.72. The first-order chi connectivity index (χ1) is 6.34. The maximum Gasteiger partial charge on any atom is 0.0966 e. The van der Waals surface area contributed by atoms with E-state index < -0.39 is 0 Å². The molecule has 72 valence electrons. The number of nitrogens with zero attached hydrogens (tertiary/aromatic N) is 4. The van der Waals surface area contributed by atoms with Crippen LogP contribution in [0.1, 0.15) is 25.0 Å². The minimum Gasteiger partial charge on any atom is -0.297 e. The maximum atomic E-state index is 4.08. The Morgan fingerprint density at radius 3 is 2.69 bits per heavy atom. The van der Waals surface area contributed by atoms with Gasteiger partial charge in [-0.3, -0.25) is 9.58 Å². The fourth-order valence-electron chi connectivity index (χ4n) is 1.81. The molecule has 0 aliphatic carbocycles. The van der Waals surface area contributed by atoms with Crippen molar-refractivity contribution >= 4 is 0 Å². The third-order valence-corrected chi connectivity index (χ3v) is 2.48. The fraction of sp³-hybridized carbons (Fsp3) is 0.778. The van der Waals surface area contributed by atoms with E-state index in [1.807, 2.05) is 13.2 Å². The number of rotatable bonds is 2. The van der Waals surface area contributed by atoms with E-state index in [4.69, 9.17) is 0 Å². The van der Waals surface area contributed by atoms with E-state index in [0.717, 1.165) is 12.2 Å². The summed E-state index contributed by atoms with van der Waals surface area (Å²) in [6.07, 6.45) is 6.05. The lowest BCUT2D eigenvalue weighted by Crippen LogP contribution is -2.29. The van der Waals surface area contributed by atoms with Crippen LogP contribution in [0.3, 0.4) is 0 Å². The minimum atomic E-state index is 0.966. The zero-order valence-electron chi connectivity index (χ0n) is 8.11. The van der Waals surface area contributed by atoms with Crippen LogP contribution in [-0.2, 0) is 13.6 Å². The quantitative estimate of drug-likeness (QED) is 0.675. The van der Waals surface area contributed by atoms with E-state index in [1.165, 1.54) is 32.4 Å². The summed E-state index contributed by atoms with van der Waals surface area (Å²) in [6.45, 7) is 3.40. The molecule has 2 rings (SSSR count). The standard InChI is InChI=1S/C9H16N4/c1-12-7-9(10-11-12)8-13-5-3-2-4-6-13/h7H,2-6,8H2,1H3. The van der Waals surface area contributed by atoms with Crippen LogP contribution in [0.4, 0.5) is 0 Å². The van der Waals surface area contributed by atoms with Crippen molar-refractivity contribution in [2.24, 2.45) is 7.05 Å². The van der Waals surface area contributed by atoms with E-state index in [2.05, 4.69) is 15.2 Å². The van der Waals surface area contributed by atoms with Crippen molar-refractivity contribution < 1.29 is 0 Å². The Labute approximate surface area is 78.5 Å². The summed E-state index contributed by atoms with van der Waals surface area (Å²) in [7, 11) is 1.91. The maximum absolute atomic E-state index is 4.08. The highest BCUT2D eigenvalue weighted by molar-refractivity contribution is 4.91. The van der Waals surface area contributed by atoms with Crippen molar-refractivity contribution in [3.63, 3.8) is 0 Å². The summed E-state index contributed by atoms with van der Waals surface area (Å²) >= 11 is 0. The van der Waals surface area contributed by atoms with Crippen molar-refractivity contribution in [1.29, 1.82) is 0 Å². The second kappa shape index (κ2) is 3.87. The summed E-state index contributed by atoms with van der Waals surface area (Å²) in [5.41, 5.74) is 1.09. The van der Waals surface area contributed by atoms with E-state index >= 15 is 0 Å². The first-order valence-electron chi connectivity index (χ1n) is 4.92. The summed E-state index contributed by atoms with van der Waals surface area (Å²) in [5, 5.41) is 8.00. The van der Waals surface area contributed by atoms with Gasteiger partial charge in [0.1, 0.15) is 0 Å². The summed E-state index contributed by atoms with van der Waals surface area (Å²) < 4.78 is 1.76. The van der Waals surface area contributed by atoms with Crippen LogP contribution < -0.4 is 0 Å². The van der Waals surface area contributed by atoms with Crippen LogP contribution in [0.15, 0.2) is 6.20 Å². The van der Waals surface area contributed by atoms with E-state index in [9.17, 15) is 0 Å². The Balaban J connectivity index is 1.89. The second-order valence-electron chi connectivity index (χ2n) is 3.72. The van der Waals surface area contributed by atoms with Gasteiger partial charge < -0.3 is 0 Å². The largest absolute Gasteiger partial charge is 0.297 e. The lowest BCUT2D eigenvalue weighted by atomic mass is 10.1. The molecule has 1 fully saturated rings. The predicted molar refractivity (Wildman–Crippen MR) is 50.1 cm³/mol. The molecule has 0 spiro atoms. The fourth-order valence-corrected chi connectivity index (χ4v) is 1.81. The number of piperidine rings is 1. The molecule has 0 amide bonds. The summed E-state index contributed by atoms with van der Waals surface area (Å²) in [4.78, 5) is 2.45. The lowest BCUT2D eigenvalue weighted by Gasteiger charge is -2.25. The van der Waals surface area contributed by atoms with Gasteiger partial charge >= 0.3 is 0 Å². The molecule has 4 heteroatoms. The first-order valence-corrected chi connectivity index (χ1v) is 4.92. The average molecular weight is 180 g/mol. The Hall–Kier alpha value is -0.900. The molecule has 1 aliphatic heterocycles. The normalized spacial score (nSPS) is 19.2. The molecular formula is C9H16N4. The molecule has 0 N–H and O–H groups in total. The van der Waals surface area contributed by atoms with Crippen LogP contribution in [-0.4, -0.2) is 33.0 Å². The van der Waals surface area contributed by atoms with E-state index in [1.54, 1.807) is 4.68 Å². The average Bonchev–Trinajstić information content (AvgIpc) is 2.53. The zero-order chi connectivity index (χ0) is 9.10. The Morgan fingerprint density at radius 2 is 2.08 bits per heavy atom. The van der Waals surface area contributed by atoms with Crippen LogP contribution in [0.2, 0.25) is 0 Å². The third kappa shape index (κ3) is 2.28. The predicted octanol–water partition coefficient (Wildman–Crippen LogP) is 0.801. The smallest absolute Gasteiger partial charge is 0.0966 e. The summed E-state index contributed by atoms with van der Waals surface area (Å²) in [6, 6.07) is 0. The number of hydrogen-bond donors (Lipinski definition) is 0. The molecule has 0 aromatic carbocycles. The van der Waals surface area contributed by atoms with Crippen molar-refractivity contribution in [2.75, 3.05) is 13.1 Å². The van der Waals surface area contributed by atoms with Crippen molar-refractivity contribution in [3.05, 3.63) is 11.9 Å². The molecule has 4 nitrogen and oxygen atoms in total. The Morgan fingerprint density at radius 1 is 1.31 bits per heavy atom. The molecule has 1 aliphatic rings. The lowest BCUT2D eigenvalue weighted by molar-refractivity contribution is 0.218. The number of hydrogen-bond acceptors (Lipinski definition) is 3. The van der Waals surface area contributed by atoms with E-state index in [-0.39, 0.29) is 0 Å². The van der Waals surface area contributed by atoms with Gasteiger partial charge in [-0.15, -0.1) is 5.10 Å². The molecule has 1 aromatic rings. The van der Waals surface area contributed by atoms with Gasteiger partial charge in [0.25, 0.3) is 0 Å². The molecule has 13 heavy (non-hydrogen) atoms. The van der Waals surface area contributed by atoms with Gasteiger partial charge in [-0.05, 0) is 25.9 Å². The summed E-state index contributed by atoms with van der Waals surface area (Å²) in [5.74, 6) is 0. The van der Waals surface area contributed by atoms with Gasteiger partial charge in [-0.1, -0.05) is 11.6 Å². The molecular weight excluding hydrogens is 164 g/mol. The highest BCUT2D eigenvalue weighted by atomic mass is 15.4. The highest BCUT2D eigenvalue weighted by Crippen LogP contribution is 2.10. The van der Waals surface area contributed by atoms with Gasteiger partial charge in [-0.25, -0.2) is 0 Å². The molecule has 1 aromatic heterocycles. The minimum absolute atomic E-state index is 0.966. The van der Waals surface area contributed by atoms with Crippen LogP contribution in [0.25, 0.3) is 0 Å². The zero-order valence-corrected chi connectivity index (χ0v) is 8.11. The van der Waals surface area contributed by atoms with Gasteiger partial charge in [-0.2, -0.15) is 0 Å². The third-order valence-electron chi connectivity index (χ3n) is 2.48. The molecule has 0 radical (unpaired) electrons. The highest BCUT2D eigenvalue weighted by Gasteiger charge is 2.11. The number of aromatic nitrogens is 3. The van der Waals surface area contributed by atoms with Crippen molar-refractivity contribution in [2.45, 2.75) is 25.8 Å². The molecule has 0 unspecified atom stereocenters. The SMILES string of the molecule is Cn1cc(CN2CCCCC2)nn1. The first kappa shape index (κ1) is 8.69. The van der Waals surface area contributed by atoms with Crippen LogP contribution in [0, 0.1) is 0 Å². The van der Waals surface area contributed by atoms with Gasteiger partial charge in [0.05, 0.1) is 5.69 Å². The van der Waals surface area contributed by atoms with Gasteiger partial charge in [0.15, 0.2) is 0 Å². The van der Waals surface area contributed by atoms with Crippen LogP contribution in [0.5, 0.6) is 0 Å². The monoisotopic (exact) mass is 180 g/mol. The molecule has 2 heterocycles.